The fourth-order valence-electron chi connectivity index (χ4n) is 4.24. The van der Waals surface area contributed by atoms with E-state index in [0.717, 1.165) is 6.42 Å². The van der Waals surface area contributed by atoms with Gasteiger partial charge >= 0.3 is 0 Å². The van der Waals surface area contributed by atoms with E-state index in [2.05, 4.69) is 179 Å². The first kappa shape index (κ1) is 34.6. The molecule has 0 nitrogen and oxygen atoms in total. The Bertz CT molecular complexity index is 1220. The summed E-state index contributed by atoms with van der Waals surface area (Å²) in [5.41, 5.74) is 10.7. The summed E-state index contributed by atoms with van der Waals surface area (Å²) in [5.74, 6) is 0. The molecule has 0 saturated carbocycles. The monoisotopic (exact) mass is 534 g/mol. The highest BCUT2D eigenvalue weighted by atomic mass is 14.3. The highest BCUT2D eigenvalue weighted by Crippen LogP contribution is 2.40. The topological polar surface area (TPSA) is 0 Å². The predicted octanol–water partition coefficient (Wildman–Crippen LogP) is 12.5. The van der Waals surface area contributed by atoms with Gasteiger partial charge in [-0.25, -0.2) is 0 Å². The molecule has 0 aromatic rings. The lowest BCUT2D eigenvalue weighted by molar-refractivity contribution is 0.404. The Labute approximate surface area is 247 Å². The standard InChI is InChI=1S/C40H54/c1-32(2)18-13-21-35(5)24-15-26-36(6)25-14-22-33(3)19-11-12-20-34(4)23-16-27-37(7)29-30-39-38(8)28-17-31-40(39,9)10/h11-12,14-16,18-30H,13,17,31H2,1-10H3. The molecule has 0 saturated heterocycles. The van der Waals surface area contributed by atoms with Gasteiger partial charge in [-0.2, -0.15) is 0 Å². The smallest absolute Gasteiger partial charge is 0.00981 e. The van der Waals surface area contributed by atoms with Gasteiger partial charge in [-0.15, -0.1) is 0 Å². The second kappa shape index (κ2) is 18.8. The number of allylic oxidation sites excluding steroid dienone is 26. The van der Waals surface area contributed by atoms with Crippen molar-refractivity contribution in [2.45, 2.75) is 88.5 Å². The van der Waals surface area contributed by atoms with Gasteiger partial charge in [0.15, 0.2) is 0 Å². The van der Waals surface area contributed by atoms with Crippen LogP contribution in [0.15, 0.2) is 154 Å². The fraction of sp³-hybridized carbons (Fsp3) is 0.350. The molecule has 1 aliphatic carbocycles. The fourth-order valence-corrected chi connectivity index (χ4v) is 4.24. The van der Waals surface area contributed by atoms with Crippen molar-refractivity contribution in [3.63, 3.8) is 0 Å². The lowest BCUT2D eigenvalue weighted by Gasteiger charge is -2.32. The quantitative estimate of drug-likeness (QED) is 0.172. The van der Waals surface area contributed by atoms with Crippen LogP contribution in [0.4, 0.5) is 0 Å². The van der Waals surface area contributed by atoms with Crippen molar-refractivity contribution in [3.8, 4) is 0 Å². The molecule has 40 heavy (non-hydrogen) atoms. The molecule has 0 bridgehead atoms. The Morgan fingerprint density at radius 1 is 0.625 bits per heavy atom. The van der Waals surface area contributed by atoms with Gasteiger partial charge in [-0.1, -0.05) is 162 Å². The molecule has 214 valence electrons. The van der Waals surface area contributed by atoms with E-state index in [4.69, 9.17) is 0 Å². The summed E-state index contributed by atoms with van der Waals surface area (Å²) < 4.78 is 0. The van der Waals surface area contributed by atoms with Gasteiger partial charge in [0, 0.05) is 0 Å². The van der Waals surface area contributed by atoms with E-state index in [1.165, 1.54) is 57.4 Å². The summed E-state index contributed by atoms with van der Waals surface area (Å²) in [5, 5.41) is 0. The Balaban J connectivity index is 2.60. The Hall–Kier alpha value is -3.38. The molecule has 0 fully saturated rings. The maximum absolute atomic E-state index is 2.36. The van der Waals surface area contributed by atoms with Crippen LogP contribution in [-0.4, -0.2) is 0 Å². The molecule has 0 aliphatic heterocycles. The van der Waals surface area contributed by atoms with Crippen molar-refractivity contribution in [1.82, 2.24) is 0 Å². The first-order valence-electron chi connectivity index (χ1n) is 14.7. The minimum Gasteiger partial charge on any atom is -0.0821 e. The molecule has 0 unspecified atom stereocenters. The molecule has 0 aromatic heterocycles. The van der Waals surface area contributed by atoms with Crippen molar-refractivity contribution in [3.05, 3.63) is 154 Å². The van der Waals surface area contributed by atoms with Crippen LogP contribution in [0.2, 0.25) is 0 Å². The third kappa shape index (κ3) is 15.9. The normalized spacial score (nSPS) is 19.3. The Kier molecular flexibility index (Phi) is 16.3. The second-order valence-electron chi connectivity index (χ2n) is 11.8. The van der Waals surface area contributed by atoms with Crippen LogP contribution in [0.25, 0.3) is 0 Å². The molecule has 1 aliphatic rings. The Morgan fingerprint density at radius 3 is 1.55 bits per heavy atom. The largest absolute Gasteiger partial charge is 0.0821 e. The lowest BCUT2D eigenvalue weighted by Crippen LogP contribution is -2.18. The zero-order valence-electron chi connectivity index (χ0n) is 27.0. The zero-order chi connectivity index (χ0) is 30.0. The summed E-state index contributed by atoms with van der Waals surface area (Å²) in [6.07, 6.45) is 42.5. The Morgan fingerprint density at radius 2 is 1.07 bits per heavy atom. The van der Waals surface area contributed by atoms with E-state index in [1.807, 2.05) is 0 Å². The predicted molar refractivity (Wildman–Crippen MR) is 183 cm³/mol. The summed E-state index contributed by atoms with van der Waals surface area (Å²) in [6.45, 7) is 21.9. The molecular formula is C40H54. The van der Waals surface area contributed by atoms with Crippen LogP contribution in [-0.2, 0) is 0 Å². The third-order valence-electron chi connectivity index (χ3n) is 6.84. The minimum atomic E-state index is 0.258. The average Bonchev–Trinajstić information content (AvgIpc) is 2.85. The molecule has 0 spiro atoms. The highest BCUT2D eigenvalue weighted by Gasteiger charge is 2.26. The summed E-state index contributed by atoms with van der Waals surface area (Å²) in [4.78, 5) is 0. The molecule has 0 heterocycles. The third-order valence-corrected chi connectivity index (χ3v) is 6.84. The van der Waals surface area contributed by atoms with E-state index in [-0.39, 0.29) is 5.41 Å². The van der Waals surface area contributed by atoms with E-state index in [0.29, 0.717) is 0 Å². The van der Waals surface area contributed by atoms with E-state index in [1.54, 1.807) is 0 Å². The van der Waals surface area contributed by atoms with Gasteiger partial charge in [0.1, 0.15) is 0 Å². The maximum Gasteiger partial charge on any atom is -0.00981 e. The molecule has 1 rings (SSSR count). The second-order valence-corrected chi connectivity index (χ2v) is 11.8. The van der Waals surface area contributed by atoms with Gasteiger partial charge in [0.05, 0.1) is 0 Å². The molecule has 0 amide bonds. The van der Waals surface area contributed by atoms with Gasteiger partial charge in [0.2, 0.25) is 0 Å². The first-order chi connectivity index (χ1) is 18.9. The first-order valence-corrected chi connectivity index (χ1v) is 14.7. The van der Waals surface area contributed by atoms with Gasteiger partial charge < -0.3 is 0 Å². The van der Waals surface area contributed by atoms with Crippen LogP contribution in [0.1, 0.15) is 88.5 Å². The molecule has 0 radical (unpaired) electrons. The van der Waals surface area contributed by atoms with Crippen LogP contribution in [0, 0.1) is 5.41 Å². The molecule has 0 N–H and O–H groups in total. The average molecular weight is 535 g/mol. The van der Waals surface area contributed by atoms with Crippen molar-refractivity contribution < 1.29 is 0 Å². The summed E-state index contributed by atoms with van der Waals surface area (Å²) in [7, 11) is 0. The SMILES string of the molecule is CC(C)=CCC=C(C)C=CC=C(C)C=CC=C(C)C=CC=CC(C)=CC=CC(C)=CC=C1C(C)=CCCC1(C)C. The van der Waals surface area contributed by atoms with Gasteiger partial charge in [0.25, 0.3) is 0 Å². The van der Waals surface area contributed by atoms with Gasteiger partial charge in [-0.05, 0) is 85.6 Å². The molecule has 0 atom stereocenters. The number of hydrogen-bond acceptors (Lipinski definition) is 0. The van der Waals surface area contributed by atoms with Crippen molar-refractivity contribution in [1.29, 1.82) is 0 Å². The van der Waals surface area contributed by atoms with Gasteiger partial charge in [-0.3, -0.25) is 0 Å². The summed E-state index contributed by atoms with van der Waals surface area (Å²) >= 11 is 0. The minimum absolute atomic E-state index is 0.258. The van der Waals surface area contributed by atoms with Crippen molar-refractivity contribution >= 4 is 0 Å². The van der Waals surface area contributed by atoms with E-state index >= 15 is 0 Å². The number of rotatable bonds is 12. The van der Waals surface area contributed by atoms with Crippen LogP contribution in [0.3, 0.4) is 0 Å². The number of hydrogen-bond donors (Lipinski definition) is 0. The molecular weight excluding hydrogens is 480 g/mol. The van der Waals surface area contributed by atoms with Crippen molar-refractivity contribution in [2.24, 2.45) is 5.41 Å². The van der Waals surface area contributed by atoms with Crippen LogP contribution >= 0.6 is 0 Å². The highest BCUT2D eigenvalue weighted by molar-refractivity contribution is 5.41. The summed E-state index contributed by atoms with van der Waals surface area (Å²) in [6, 6.07) is 0. The van der Waals surface area contributed by atoms with Crippen LogP contribution in [0.5, 0.6) is 0 Å². The van der Waals surface area contributed by atoms with E-state index in [9.17, 15) is 0 Å². The van der Waals surface area contributed by atoms with E-state index < -0.39 is 0 Å². The van der Waals surface area contributed by atoms with Crippen molar-refractivity contribution in [2.75, 3.05) is 0 Å². The maximum atomic E-state index is 2.36. The molecule has 0 heteroatoms. The molecule has 0 aromatic carbocycles. The zero-order valence-corrected chi connectivity index (χ0v) is 27.0. The van der Waals surface area contributed by atoms with Crippen LogP contribution < -0.4 is 0 Å². The lowest BCUT2D eigenvalue weighted by atomic mass is 9.73.